The number of nitrogens with one attached hydrogen (secondary N) is 1. The normalized spacial score (nSPS) is 12.5. The Kier molecular flexibility index (Phi) is 5.38. The molecule has 1 rings (SSSR count). The van der Waals surface area contributed by atoms with Crippen LogP contribution in [0, 0.1) is 0 Å². The first-order chi connectivity index (χ1) is 8.13. The summed E-state index contributed by atoms with van der Waals surface area (Å²) in [6.45, 7) is -0.0561. The molecular weight excluding hydrogens is 242 g/mol. The predicted octanol–water partition coefficient (Wildman–Crippen LogP) is 0.977. The molecule has 1 unspecified atom stereocenters. The fourth-order valence-corrected chi connectivity index (χ4v) is 1.69. The maximum absolute atomic E-state index is 11.3. The van der Waals surface area contributed by atoms with Crippen LogP contribution < -0.4 is 5.32 Å². The van der Waals surface area contributed by atoms with E-state index >= 15 is 0 Å². The Morgan fingerprint density at radius 3 is 2.94 bits per heavy atom. The van der Waals surface area contributed by atoms with Crippen LogP contribution in [-0.4, -0.2) is 36.7 Å². The van der Waals surface area contributed by atoms with Gasteiger partial charge in [0.1, 0.15) is 0 Å². The molecule has 0 aliphatic rings. The summed E-state index contributed by atoms with van der Waals surface area (Å²) in [7, 11) is 1.28. The molecule has 0 radical (unpaired) electrons. The third kappa shape index (κ3) is 4.80. The van der Waals surface area contributed by atoms with E-state index in [9.17, 15) is 9.59 Å². The van der Waals surface area contributed by atoms with Crippen LogP contribution >= 0.6 is 11.3 Å². The lowest BCUT2D eigenvalue weighted by molar-refractivity contribution is -0.148. The van der Waals surface area contributed by atoms with Crippen molar-refractivity contribution in [2.24, 2.45) is 0 Å². The van der Waals surface area contributed by atoms with Crippen LogP contribution in [0.5, 0.6) is 0 Å². The van der Waals surface area contributed by atoms with Crippen LogP contribution in [-0.2, 0) is 14.3 Å². The van der Waals surface area contributed by atoms with Gasteiger partial charge in [-0.2, -0.15) is 0 Å². The number of methoxy groups -OCH3 is 1. The highest BCUT2D eigenvalue weighted by molar-refractivity contribution is 7.10. The molecule has 0 aliphatic carbocycles. The average molecular weight is 255 g/mol. The molecule has 17 heavy (non-hydrogen) atoms. The second-order valence-corrected chi connectivity index (χ2v) is 4.14. The number of carbonyl (C=O) groups excluding carboxylic acids is 1. The van der Waals surface area contributed by atoms with Gasteiger partial charge in [0, 0.05) is 18.1 Å². The fourth-order valence-electron chi connectivity index (χ4n) is 1.07. The minimum absolute atomic E-state index is 0.0561. The van der Waals surface area contributed by atoms with Crippen molar-refractivity contribution in [3.63, 3.8) is 0 Å². The van der Waals surface area contributed by atoms with Crippen LogP contribution in [0.1, 0.15) is 4.88 Å². The minimum atomic E-state index is -1.10. The Labute approximate surface area is 103 Å². The van der Waals surface area contributed by atoms with E-state index in [0.29, 0.717) is 0 Å². The Hall–Kier alpha value is -1.66. The zero-order chi connectivity index (χ0) is 12.7. The molecule has 5 nitrogen and oxygen atoms in total. The van der Waals surface area contributed by atoms with Crippen molar-refractivity contribution in [1.82, 2.24) is 5.32 Å². The molecule has 0 spiro atoms. The van der Waals surface area contributed by atoms with E-state index in [4.69, 9.17) is 5.11 Å². The summed E-state index contributed by atoms with van der Waals surface area (Å²) in [6.07, 6.45) is 2.01. The van der Waals surface area contributed by atoms with Gasteiger partial charge in [-0.05, 0) is 17.5 Å². The first-order valence-electron chi connectivity index (χ1n) is 4.88. The van der Waals surface area contributed by atoms with Gasteiger partial charge in [0.2, 0.25) is 5.91 Å². The molecule has 2 N–H and O–H groups in total. The van der Waals surface area contributed by atoms with E-state index in [1.54, 1.807) is 6.08 Å². The molecule has 1 atom stereocenters. The molecule has 1 amide bonds. The lowest BCUT2D eigenvalue weighted by Gasteiger charge is -2.09. The Morgan fingerprint density at radius 2 is 2.41 bits per heavy atom. The van der Waals surface area contributed by atoms with E-state index in [1.165, 1.54) is 24.5 Å². The summed E-state index contributed by atoms with van der Waals surface area (Å²) >= 11 is 1.51. The summed E-state index contributed by atoms with van der Waals surface area (Å²) in [6, 6.07) is 3.76. The molecule has 0 saturated heterocycles. The zero-order valence-corrected chi connectivity index (χ0v) is 10.1. The summed E-state index contributed by atoms with van der Waals surface area (Å²) in [5.41, 5.74) is 0. The van der Waals surface area contributed by atoms with E-state index in [2.05, 4.69) is 10.1 Å². The molecular formula is C11H13NO4S. The number of hydrogen-bond donors (Lipinski definition) is 2. The van der Waals surface area contributed by atoms with Crippen LogP contribution in [0.3, 0.4) is 0 Å². The van der Waals surface area contributed by atoms with Crippen LogP contribution in [0.15, 0.2) is 23.6 Å². The minimum Gasteiger partial charge on any atom is -0.479 e. The van der Waals surface area contributed by atoms with Crippen molar-refractivity contribution in [3.05, 3.63) is 28.5 Å². The van der Waals surface area contributed by atoms with Gasteiger partial charge in [0.25, 0.3) is 0 Å². The number of carboxylic acids is 1. The first-order valence-corrected chi connectivity index (χ1v) is 5.76. The third-order valence-electron chi connectivity index (χ3n) is 1.96. The average Bonchev–Trinajstić information content (AvgIpc) is 2.79. The molecule has 0 aliphatic heterocycles. The summed E-state index contributed by atoms with van der Waals surface area (Å²) in [4.78, 5) is 22.9. The van der Waals surface area contributed by atoms with Crippen LogP contribution in [0.2, 0.25) is 0 Å². The molecule has 1 aromatic heterocycles. The standard InChI is InChI=1S/C11H13NO4S/c1-16-9(11(14)15)7-12-10(13)5-4-8-3-2-6-17-8/h2-6,9H,7H2,1H3,(H,12,13)(H,14,15)/b5-4+. The first kappa shape index (κ1) is 13.4. The Balaban J connectivity index is 2.37. The molecule has 0 bridgehead atoms. The second-order valence-electron chi connectivity index (χ2n) is 3.16. The summed E-state index contributed by atoms with van der Waals surface area (Å²) < 4.78 is 4.68. The van der Waals surface area contributed by atoms with Crippen molar-refractivity contribution in [3.8, 4) is 0 Å². The highest BCUT2D eigenvalue weighted by Gasteiger charge is 2.16. The number of carbonyl (C=O) groups is 2. The molecule has 0 fully saturated rings. The van der Waals surface area contributed by atoms with Gasteiger partial charge in [-0.15, -0.1) is 11.3 Å². The van der Waals surface area contributed by atoms with Crippen molar-refractivity contribution in [2.45, 2.75) is 6.10 Å². The largest absolute Gasteiger partial charge is 0.479 e. The van der Waals surface area contributed by atoms with Gasteiger partial charge in [-0.1, -0.05) is 6.07 Å². The van der Waals surface area contributed by atoms with Gasteiger partial charge in [0.15, 0.2) is 6.10 Å². The van der Waals surface area contributed by atoms with E-state index in [1.807, 2.05) is 17.5 Å². The van der Waals surface area contributed by atoms with E-state index in [0.717, 1.165) is 4.88 Å². The number of carboxylic acid groups (broad SMARTS) is 1. The Morgan fingerprint density at radius 1 is 1.65 bits per heavy atom. The molecule has 1 heterocycles. The number of hydrogen-bond acceptors (Lipinski definition) is 4. The van der Waals surface area contributed by atoms with Gasteiger partial charge in [-0.3, -0.25) is 4.79 Å². The van der Waals surface area contributed by atoms with E-state index in [-0.39, 0.29) is 12.5 Å². The van der Waals surface area contributed by atoms with Gasteiger partial charge >= 0.3 is 5.97 Å². The molecule has 92 valence electrons. The monoisotopic (exact) mass is 255 g/mol. The van der Waals surface area contributed by atoms with Crippen LogP contribution in [0.4, 0.5) is 0 Å². The Bertz CT molecular complexity index is 400. The fraction of sp³-hybridized carbons (Fsp3) is 0.273. The smallest absolute Gasteiger partial charge is 0.334 e. The van der Waals surface area contributed by atoms with E-state index < -0.39 is 12.1 Å². The molecule has 6 heteroatoms. The lowest BCUT2D eigenvalue weighted by Crippen LogP contribution is -2.37. The molecule has 1 aromatic rings. The van der Waals surface area contributed by atoms with Gasteiger partial charge in [-0.25, -0.2) is 4.79 Å². The van der Waals surface area contributed by atoms with Gasteiger partial charge < -0.3 is 15.2 Å². The molecule has 0 aromatic carbocycles. The van der Waals surface area contributed by atoms with Crippen molar-refractivity contribution >= 4 is 29.3 Å². The topological polar surface area (TPSA) is 75.6 Å². The highest BCUT2D eigenvalue weighted by atomic mass is 32.1. The van der Waals surface area contributed by atoms with Crippen molar-refractivity contribution in [2.75, 3.05) is 13.7 Å². The summed E-state index contributed by atoms with van der Waals surface area (Å²) in [5.74, 6) is -1.45. The highest BCUT2D eigenvalue weighted by Crippen LogP contribution is 2.09. The predicted molar refractivity (Wildman–Crippen MR) is 64.8 cm³/mol. The van der Waals surface area contributed by atoms with Crippen molar-refractivity contribution in [1.29, 1.82) is 0 Å². The molecule has 0 saturated carbocycles. The lowest BCUT2D eigenvalue weighted by atomic mass is 10.3. The number of ether oxygens (including phenoxy) is 1. The number of rotatable bonds is 6. The maximum Gasteiger partial charge on any atom is 0.334 e. The maximum atomic E-state index is 11.3. The van der Waals surface area contributed by atoms with Crippen LogP contribution in [0.25, 0.3) is 6.08 Å². The second kappa shape index (κ2) is 6.82. The summed E-state index contributed by atoms with van der Waals surface area (Å²) in [5, 5.41) is 13.0. The number of aliphatic carboxylic acids is 1. The number of amides is 1. The zero-order valence-electron chi connectivity index (χ0n) is 9.25. The number of thiophene rings is 1. The SMILES string of the molecule is COC(CNC(=O)/C=C/c1cccs1)C(=O)O. The van der Waals surface area contributed by atoms with Crippen molar-refractivity contribution < 1.29 is 19.4 Å². The van der Waals surface area contributed by atoms with Gasteiger partial charge in [0.05, 0.1) is 6.54 Å². The third-order valence-corrected chi connectivity index (χ3v) is 2.80. The quantitative estimate of drug-likeness (QED) is 0.743.